The molecule has 2 aromatic heterocycles. The molecule has 5 rings (SSSR count). The number of rotatable bonds is 8. The van der Waals surface area contributed by atoms with Crippen LogP contribution in [-0.4, -0.2) is 43.7 Å². The van der Waals surface area contributed by atoms with Gasteiger partial charge >= 0.3 is 0 Å². The summed E-state index contributed by atoms with van der Waals surface area (Å²) >= 11 is 0. The molecule has 7 nitrogen and oxygen atoms in total. The summed E-state index contributed by atoms with van der Waals surface area (Å²) in [5.74, 6) is 0.802. The third kappa shape index (κ3) is 4.65. The summed E-state index contributed by atoms with van der Waals surface area (Å²) in [6.07, 6.45) is 0.499. The van der Waals surface area contributed by atoms with Crippen molar-refractivity contribution in [3.8, 4) is 28.5 Å². The van der Waals surface area contributed by atoms with Crippen molar-refractivity contribution in [3.05, 3.63) is 83.8 Å². The highest BCUT2D eigenvalue weighted by molar-refractivity contribution is 6.13. The van der Waals surface area contributed by atoms with E-state index in [9.17, 15) is 9.18 Å². The van der Waals surface area contributed by atoms with E-state index in [2.05, 4.69) is 10.3 Å². The molecule has 0 spiro atoms. The van der Waals surface area contributed by atoms with Gasteiger partial charge in [0.15, 0.2) is 11.5 Å². The number of methoxy groups -OCH3 is 3. The van der Waals surface area contributed by atoms with Crippen LogP contribution in [0.2, 0.25) is 0 Å². The summed E-state index contributed by atoms with van der Waals surface area (Å²) in [4.78, 5) is 21.4. The molecule has 0 saturated heterocycles. The standard InChI is InChI=1S/C29H26FN3O4/c1-35-24-14-18(15-25(36-2)28(24)37-3)26-27-21(20-9-4-5-10-22(20)32-27)16-23(33-26)29(34)31-12-11-17-7-6-8-19(30)13-17/h4-10,13-16,32H,11-12H2,1-3H3,(H,31,34). The number of carbonyl (C=O) groups excluding carboxylic acids is 1. The number of nitrogens with zero attached hydrogens (tertiary/aromatic N) is 1. The van der Waals surface area contributed by atoms with Crippen LogP contribution in [0.5, 0.6) is 17.2 Å². The van der Waals surface area contributed by atoms with E-state index in [0.717, 1.165) is 27.4 Å². The van der Waals surface area contributed by atoms with Gasteiger partial charge < -0.3 is 24.5 Å². The number of fused-ring (bicyclic) bond motifs is 3. The number of carbonyl (C=O) groups is 1. The highest BCUT2D eigenvalue weighted by Gasteiger charge is 2.20. The maximum Gasteiger partial charge on any atom is 0.269 e. The number of para-hydroxylation sites is 1. The van der Waals surface area contributed by atoms with E-state index in [-0.39, 0.29) is 17.4 Å². The zero-order valence-electron chi connectivity index (χ0n) is 20.7. The molecule has 8 heteroatoms. The Hall–Kier alpha value is -4.59. The zero-order valence-corrected chi connectivity index (χ0v) is 20.7. The van der Waals surface area contributed by atoms with Crippen LogP contribution in [0, 0.1) is 5.82 Å². The number of aromatic nitrogens is 2. The van der Waals surface area contributed by atoms with Gasteiger partial charge in [-0.25, -0.2) is 9.37 Å². The molecule has 5 aromatic rings. The van der Waals surface area contributed by atoms with Crippen LogP contribution in [-0.2, 0) is 6.42 Å². The summed E-state index contributed by atoms with van der Waals surface area (Å²) in [5, 5.41) is 4.75. The van der Waals surface area contributed by atoms with Crippen molar-refractivity contribution < 1.29 is 23.4 Å². The molecular weight excluding hydrogens is 473 g/mol. The van der Waals surface area contributed by atoms with E-state index in [1.165, 1.54) is 12.1 Å². The van der Waals surface area contributed by atoms with Crippen molar-refractivity contribution in [3.63, 3.8) is 0 Å². The number of aromatic amines is 1. The molecule has 188 valence electrons. The van der Waals surface area contributed by atoms with Gasteiger partial charge in [0.05, 0.1) is 32.5 Å². The molecular formula is C29H26FN3O4. The lowest BCUT2D eigenvalue weighted by Crippen LogP contribution is -2.26. The lowest BCUT2D eigenvalue weighted by Gasteiger charge is -2.15. The fourth-order valence-corrected chi connectivity index (χ4v) is 4.49. The summed E-state index contributed by atoms with van der Waals surface area (Å²) in [6, 6.07) is 19.6. The smallest absolute Gasteiger partial charge is 0.269 e. The molecule has 0 unspecified atom stereocenters. The van der Waals surface area contributed by atoms with Crippen molar-refractivity contribution >= 4 is 27.7 Å². The number of H-pyrrole nitrogens is 1. The number of nitrogens with one attached hydrogen (secondary N) is 2. The summed E-state index contributed by atoms with van der Waals surface area (Å²) in [5.41, 5.74) is 4.05. The molecule has 37 heavy (non-hydrogen) atoms. The van der Waals surface area contributed by atoms with Crippen molar-refractivity contribution in [2.45, 2.75) is 6.42 Å². The normalized spacial score (nSPS) is 11.0. The Bertz CT molecular complexity index is 1590. The van der Waals surface area contributed by atoms with Gasteiger partial charge in [-0.3, -0.25) is 4.79 Å². The van der Waals surface area contributed by atoms with E-state index in [1.807, 2.05) is 30.3 Å². The topological polar surface area (TPSA) is 85.5 Å². The van der Waals surface area contributed by atoms with E-state index in [0.29, 0.717) is 41.5 Å². The van der Waals surface area contributed by atoms with Gasteiger partial charge in [-0.1, -0.05) is 30.3 Å². The molecule has 0 aliphatic heterocycles. The molecule has 0 bridgehead atoms. The first-order valence-electron chi connectivity index (χ1n) is 11.8. The van der Waals surface area contributed by atoms with Gasteiger partial charge in [0.25, 0.3) is 5.91 Å². The van der Waals surface area contributed by atoms with E-state index in [1.54, 1.807) is 45.6 Å². The number of hydrogen-bond acceptors (Lipinski definition) is 5. The highest BCUT2D eigenvalue weighted by atomic mass is 19.1. The molecule has 1 amide bonds. The number of ether oxygens (including phenoxy) is 3. The number of halogens is 1. The molecule has 0 aliphatic carbocycles. The quantitative estimate of drug-likeness (QED) is 0.294. The predicted molar refractivity (Wildman–Crippen MR) is 141 cm³/mol. The Kier molecular flexibility index (Phi) is 6.64. The SMILES string of the molecule is COc1cc(-c2nc(C(=O)NCCc3cccc(F)c3)cc3c2[nH]c2ccccc23)cc(OC)c1OC. The van der Waals surface area contributed by atoms with Crippen LogP contribution in [0.4, 0.5) is 4.39 Å². The molecule has 0 radical (unpaired) electrons. The summed E-state index contributed by atoms with van der Waals surface area (Å²) in [6.45, 7) is 0.343. The van der Waals surface area contributed by atoms with Crippen LogP contribution in [0.1, 0.15) is 16.1 Å². The number of amides is 1. The first-order valence-corrected chi connectivity index (χ1v) is 11.8. The maximum atomic E-state index is 13.5. The van der Waals surface area contributed by atoms with Crippen molar-refractivity contribution in [1.29, 1.82) is 0 Å². The van der Waals surface area contributed by atoms with Crippen LogP contribution in [0.25, 0.3) is 33.1 Å². The molecule has 0 saturated carbocycles. The minimum Gasteiger partial charge on any atom is -0.493 e. The van der Waals surface area contributed by atoms with Gasteiger partial charge in [-0.05, 0) is 48.4 Å². The lowest BCUT2D eigenvalue weighted by molar-refractivity contribution is 0.0949. The average molecular weight is 500 g/mol. The Morgan fingerprint density at radius 1 is 0.919 bits per heavy atom. The fourth-order valence-electron chi connectivity index (χ4n) is 4.49. The fraction of sp³-hybridized carbons (Fsp3) is 0.172. The Morgan fingerprint density at radius 2 is 1.68 bits per heavy atom. The van der Waals surface area contributed by atoms with E-state index in [4.69, 9.17) is 19.2 Å². The second-order valence-corrected chi connectivity index (χ2v) is 8.50. The summed E-state index contributed by atoms with van der Waals surface area (Å²) in [7, 11) is 4.65. The lowest BCUT2D eigenvalue weighted by atomic mass is 10.0. The van der Waals surface area contributed by atoms with Crippen LogP contribution >= 0.6 is 0 Å². The third-order valence-corrected chi connectivity index (χ3v) is 6.26. The second kappa shape index (κ2) is 10.2. The largest absolute Gasteiger partial charge is 0.493 e. The number of pyridine rings is 1. The predicted octanol–water partition coefficient (Wildman–Crippen LogP) is 5.52. The van der Waals surface area contributed by atoms with E-state index >= 15 is 0 Å². The molecule has 3 aromatic carbocycles. The summed E-state index contributed by atoms with van der Waals surface area (Å²) < 4.78 is 30.1. The van der Waals surface area contributed by atoms with Crippen molar-refractivity contribution in [2.75, 3.05) is 27.9 Å². The second-order valence-electron chi connectivity index (χ2n) is 8.50. The first-order chi connectivity index (χ1) is 18.0. The number of hydrogen-bond donors (Lipinski definition) is 2. The van der Waals surface area contributed by atoms with Crippen molar-refractivity contribution in [1.82, 2.24) is 15.3 Å². The third-order valence-electron chi connectivity index (χ3n) is 6.26. The zero-order chi connectivity index (χ0) is 25.9. The maximum absolute atomic E-state index is 13.5. The minimum atomic E-state index is -0.322. The van der Waals surface area contributed by atoms with Crippen LogP contribution in [0.3, 0.4) is 0 Å². The average Bonchev–Trinajstić information content (AvgIpc) is 3.30. The Labute approximate surface area is 213 Å². The van der Waals surface area contributed by atoms with E-state index < -0.39 is 0 Å². The number of benzene rings is 3. The Balaban J connectivity index is 1.58. The van der Waals surface area contributed by atoms with Gasteiger partial charge in [0.2, 0.25) is 5.75 Å². The van der Waals surface area contributed by atoms with Gasteiger partial charge in [-0.15, -0.1) is 0 Å². The van der Waals surface area contributed by atoms with Crippen LogP contribution < -0.4 is 19.5 Å². The molecule has 0 fully saturated rings. The minimum absolute atomic E-state index is 0.264. The molecule has 2 N–H and O–H groups in total. The molecule has 2 heterocycles. The monoisotopic (exact) mass is 499 g/mol. The van der Waals surface area contributed by atoms with Crippen molar-refractivity contribution in [2.24, 2.45) is 0 Å². The van der Waals surface area contributed by atoms with Gasteiger partial charge in [-0.2, -0.15) is 0 Å². The van der Waals surface area contributed by atoms with Crippen LogP contribution in [0.15, 0.2) is 66.7 Å². The highest BCUT2D eigenvalue weighted by Crippen LogP contribution is 2.42. The Morgan fingerprint density at radius 3 is 2.38 bits per heavy atom. The van der Waals surface area contributed by atoms with Gasteiger partial charge in [0.1, 0.15) is 11.5 Å². The molecule has 0 atom stereocenters. The van der Waals surface area contributed by atoms with Gasteiger partial charge in [0, 0.05) is 28.4 Å². The first kappa shape index (κ1) is 24.1. The molecule has 0 aliphatic rings.